The van der Waals surface area contributed by atoms with Gasteiger partial charge in [-0.1, -0.05) is 42.1 Å². The minimum Gasteiger partial charge on any atom is -0.465 e. The first-order valence-electron chi connectivity index (χ1n) is 6.94. The van der Waals surface area contributed by atoms with Crippen LogP contribution in [0.4, 0.5) is 0 Å². The summed E-state index contributed by atoms with van der Waals surface area (Å²) in [6.07, 6.45) is 2.30. The van der Waals surface area contributed by atoms with Gasteiger partial charge in [0.25, 0.3) is 0 Å². The lowest BCUT2D eigenvalue weighted by molar-refractivity contribution is -0.137. The third-order valence-corrected chi connectivity index (χ3v) is 5.69. The fourth-order valence-electron chi connectivity index (χ4n) is 2.49. The van der Waals surface area contributed by atoms with E-state index in [0.29, 0.717) is 6.61 Å². The molecule has 0 aliphatic carbocycles. The lowest BCUT2D eigenvalue weighted by atomic mass is 10.1. The Kier molecular flexibility index (Phi) is 3.56. The Morgan fingerprint density at radius 2 is 2.09 bits per heavy atom. The van der Waals surface area contributed by atoms with E-state index in [1.54, 1.807) is 17.7 Å². The number of benzene rings is 1. The van der Waals surface area contributed by atoms with Crippen molar-refractivity contribution in [3.05, 3.63) is 42.0 Å². The number of ether oxygens (including phenoxy) is 1. The summed E-state index contributed by atoms with van der Waals surface area (Å²) in [5.74, 6) is -0.145. The highest BCUT2D eigenvalue weighted by molar-refractivity contribution is 8.00. The third kappa shape index (κ3) is 2.38. The number of thiophene rings is 1. The Balaban J connectivity index is 1.81. The van der Waals surface area contributed by atoms with Crippen LogP contribution in [0.25, 0.3) is 21.3 Å². The van der Waals surface area contributed by atoms with Crippen molar-refractivity contribution in [1.82, 2.24) is 9.97 Å². The first-order chi connectivity index (χ1) is 10.8. The first kappa shape index (κ1) is 13.7. The van der Waals surface area contributed by atoms with Gasteiger partial charge in [0.05, 0.1) is 12.0 Å². The first-order valence-corrected chi connectivity index (χ1v) is 8.70. The van der Waals surface area contributed by atoms with Crippen LogP contribution in [0, 0.1) is 0 Å². The molecule has 3 aromatic rings. The van der Waals surface area contributed by atoms with E-state index in [1.807, 2.05) is 18.2 Å². The van der Waals surface area contributed by atoms with Crippen LogP contribution in [0.1, 0.15) is 6.42 Å². The van der Waals surface area contributed by atoms with Crippen molar-refractivity contribution in [2.75, 3.05) is 6.61 Å². The van der Waals surface area contributed by atoms with Crippen molar-refractivity contribution >= 4 is 39.3 Å². The van der Waals surface area contributed by atoms with Crippen LogP contribution >= 0.6 is 23.1 Å². The maximum absolute atomic E-state index is 11.7. The van der Waals surface area contributed by atoms with Crippen LogP contribution in [0.2, 0.25) is 0 Å². The molecule has 0 unspecified atom stereocenters. The lowest BCUT2D eigenvalue weighted by Gasteiger charge is -2.07. The largest absolute Gasteiger partial charge is 0.465 e. The van der Waals surface area contributed by atoms with Crippen molar-refractivity contribution in [2.45, 2.75) is 16.7 Å². The number of aromatic nitrogens is 2. The van der Waals surface area contributed by atoms with E-state index in [0.717, 1.165) is 32.8 Å². The van der Waals surface area contributed by atoms with E-state index < -0.39 is 0 Å². The summed E-state index contributed by atoms with van der Waals surface area (Å²) in [6, 6.07) is 10.2. The molecule has 0 spiro atoms. The van der Waals surface area contributed by atoms with Crippen molar-refractivity contribution in [1.29, 1.82) is 0 Å². The molecule has 1 aliphatic rings. The number of thioether (sulfide) groups is 1. The highest BCUT2D eigenvalue weighted by Crippen LogP contribution is 2.40. The molecule has 3 heterocycles. The maximum Gasteiger partial charge on any atom is 0.319 e. The van der Waals surface area contributed by atoms with E-state index in [4.69, 9.17) is 4.74 Å². The molecule has 0 N–H and O–H groups in total. The number of cyclic esters (lactones) is 1. The quantitative estimate of drug-likeness (QED) is 0.541. The van der Waals surface area contributed by atoms with Crippen LogP contribution in [0.3, 0.4) is 0 Å². The van der Waals surface area contributed by atoms with E-state index in [1.165, 1.54) is 11.8 Å². The second-order valence-electron chi connectivity index (χ2n) is 4.94. The topological polar surface area (TPSA) is 52.1 Å². The van der Waals surface area contributed by atoms with Gasteiger partial charge in [-0.25, -0.2) is 9.97 Å². The third-order valence-electron chi connectivity index (χ3n) is 3.56. The van der Waals surface area contributed by atoms with Gasteiger partial charge in [-0.3, -0.25) is 4.79 Å². The lowest BCUT2D eigenvalue weighted by Crippen LogP contribution is -2.09. The van der Waals surface area contributed by atoms with Crippen LogP contribution in [0.15, 0.2) is 47.1 Å². The maximum atomic E-state index is 11.7. The average molecular weight is 328 g/mol. The Morgan fingerprint density at radius 1 is 1.23 bits per heavy atom. The molecule has 6 heteroatoms. The standard InChI is InChI=1S/C16H12N2O2S2/c19-16-12(6-7-20-16)22-15-13-11(10-4-2-1-3-5-10)8-21-14(13)17-9-18-15/h1-5,8-9,12H,6-7H2/t12-/m0/s1. The molecule has 0 saturated carbocycles. The van der Waals surface area contributed by atoms with E-state index in [2.05, 4.69) is 27.5 Å². The summed E-state index contributed by atoms with van der Waals surface area (Å²) >= 11 is 3.08. The number of nitrogens with zero attached hydrogens (tertiary/aromatic N) is 2. The molecule has 1 saturated heterocycles. The van der Waals surface area contributed by atoms with E-state index >= 15 is 0 Å². The zero-order chi connectivity index (χ0) is 14.9. The van der Waals surface area contributed by atoms with Gasteiger partial charge in [-0.15, -0.1) is 11.3 Å². The molecule has 22 heavy (non-hydrogen) atoms. The molecule has 2 aromatic heterocycles. The SMILES string of the molecule is O=C1OCC[C@@H]1Sc1ncnc2scc(-c3ccccc3)c12. The van der Waals surface area contributed by atoms with Gasteiger partial charge >= 0.3 is 5.97 Å². The summed E-state index contributed by atoms with van der Waals surface area (Å²) in [5.41, 5.74) is 2.26. The number of hydrogen-bond donors (Lipinski definition) is 0. The monoisotopic (exact) mass is 328 g/mol. The van der Waals surface area contributed by atoms with Gasteiger partial charge in [0, 0.05) is 17.4 Å². The number of hydrogen-bond acceptors (Lipinski definition) is 6. The normalized spacial score (nSPS) is 17.8. The highest BCUT2D eigenvalue weighted by atomic mass is 32.2. The molecule has 1 fully saturated rings. The minimum atomic E-state index is -0.165. The predicted molar refractivity (Wildman–Crippen MR) is 88.1 cm³/mol. The molecule has 0 radical (unpaired) electrons. The van der Waals surface area contributed by atoms with Crippen LogP contribution in [-0.4, -0.2) is 27.8 Å². The molecule has 4 nitrogen and oxygen atoms in total. The molecule has 0 amide bonds. The molecule has 0 bridgehead atoms. The Bertz CT molecular complexity index is 833. The minimum absolute atomic E-state index is 0.145. The number of rotatable bonds is 3. The van der Waals surface area contributed by atoms with Gasteiger partial charge < -0.3 is 4.74 Å². The smallest absolute Gasteiger partial charge is 0.319 e. The zero-order valence-corrected chi connectivity index (χ0v) is 13.2. The Labute approximate surface area is 135 Å². The molecular weight excluding hydrogens is 316 g/mol. The van der Waals surface area contributed by atoms with Crippen LogP contribution in [-0.2, 0) is 9.53 Å². The summed E-state index contributed by atoms with van der Waals surface area (Å²) in [5, 5.41) is 3.82. The molecular formula is C16H12N2O2S2. The molecule has 110 valence electrons. The van der Waals surface area contributed by atoms with Gasteiger partial charge in [-0.2, -0.15) is 0 Å². The fourth-order valence-corrected chi connectivity index (χ4v) is 4.55. The summed E-state index contributed by atoms with van der Waals surface area (Å²) in [7, 11) is 0. The highest BCUT2D eigenvalue weighted by Gasteiger charge is 2.29. The van der Waals surface area contributed by atoms with Gasteiger partial charge in [0.1, 0.15) is 21.4 Å². The van der Waals surface area contributed by atoms with E-state index in [-0.39, 0.29) is 11.2 Å². The fraction of sp³-hybridized carbons (Fsp3) is 0.188. The van der Waals surface area contributed by atoms with E-state index in [9.17, 15) is 4.79 Å². The number of esters is 1. The molecule has 1 aliphatic heterocycles. The second-order valence-corrected chi connectivity index (χ2v) is 6.99. The van der Waals surface area contributed by atoms with Crippen LogP contribution in [0.5, 0.6) is 0 Å². The predicted octanol–water partition coefficient (Wildman–Crippen LogP) is 3.77. The summed E-state index contributed by atoms with van der Waals surface area (Å²) in [4.78, 5) is 21.4. The van der Waals surface area contributed by atoms with Crippen molar-refractivity contribution in [2.24, 2.45) is 0 Å². The molecule has 1 atom stereocenters. The Hall–Kier alpha value is -1.92. The second kappa shape index (κ2) is 5.70. The number of carbonyl (C=O) groups excluding carboxylic acids is 1. The summed E-state index contributed by atoms with van der Waals surface area (Å²) in [6.45, 7) is 0.500. The van der Waals surface area contributed by atoms with Crippen molar-refractivity contribution < 1.29 is 9.53 Å². The van der Waals surface area contributed by atoms with Crippen molar-refractivity contribution in [3.8, 4) is 11.1 Å². The van der Waals surface area contributed by atoms with Gasteiger partial charge in [0.15, 0.2) is 0 Å². The molecule has 4 rings (SSSR count). The molecule has 1 aromatic carbocycles. The van der Waals surface area contributed by atoms with Crippen LogP contribution < -0.4 is 0 Å². The number of carbonyl (C=O) groups is 1. The van der Waals surface area contributed by atoms with Gasteiger partial charge in [-0.05, 0) is 5.56 Å². The van der Waals surface area contributed by atoms with Gasteiger partial charge in [0.2, 0.25) is 0 Å². The average Bonchev–Trinajstić information content (AvgIpc) is 3.16. The zero-order valence-electron chi connectivity index (χ0n) is 11.6. The van der Waals surface area contributed by atoms with Crippen molar-refractivity contribution in [3.63, 3.8) is 0 Å². The Morgan fingerprint density at radius 3 is 2.86 bits per heavy atom. The summed E-state index contributed by atoms with van der Waals surface area (Å²) < 4.78 is 5.05. The number of fused-ring (bicyclic) bond motifs is 1.